The Morgan fingerprint density at radius 3 is 2.23 bits per heavy atom. The van der Waals surface area contributed by atoms with Crippen molar-refractivity contribution in [2.45, 2.75) is 33.6 Å². The molecule has 5 nitrogen and oxygen atoms in total. The SMILES string of the molecule is COc1ccc(C2=C(N3CCCC(C)C3)C(=O)N(c3cc(C)cc(C)c3)C2=O)cc1. The number of benzene rings is 2. The normalized spacial score (nSPS) is 19.7. The lowest BCUT2D eigenvalue weighted by atomic mass is 9.98. The Kier molecular flexibility index (Phi) is 5.37. The number of imide groups is 1. The highest BCUT2D eigenvalue weighted by molar-refractivity contribution is 6.45. The molecule has 0 aromatic heterocycles. The van der Waals surface area contributed by atoms with Gasteiger partial charge in [0.15, 0.2) is 0 Å². The van der Waals surface area contributed by atoms with E-state index in [-0.39, 0.29) is 11.8 Å². The highest BCUT2D eigenvalue weighted by atomic mass is 16.5. The quantitative estimate of drug-likeness (QED) is 0.712. The molecule has 0 bridgehead atoms. The fraction of sp³-hybridized carbons (Fsp3) is 0.360. The molecule has 2 heterocycles. The van der Waals surface area contributed by atoms with Gasteiger partial charge in [-0.2, -0.15) is 0 Å². The number of carbonyl (C=O) groups is 2. The van der Waals surface area contributed by atoms with E-state index in [2.05, 4.69) is 11.8 Å². The van der Waals surface area contributed by atoms with Gasteiger partial charge in [0, 0.05) is 13.1 Å². The number of rotatable bonds is 4. The second-order valence-electron chi connectivity index (χ2n) is 8.44. The van der Waals surface area contributed by atoms with Gasteiger partial charge in [-0.15, -0.1) is 0 Å². The summed E-state index contributed by atoms with van der Waals surface area (Å²) in [5.41, 5.74) is 4.43. The van der Waals surface area contributed by atoms with E-state index in [1.165, 1.54) is 4.90 Å². The molecule has 2 aromatic rings. The lowest BCUT2D eigenvalue weighted by molar-refractivity contribution is -0.120. The first-order chi connectivity index (χ1) is 14.4. The van der Waals surface area contributed by atoms with Crippen LogP contribution in [0.15, 0.2) is 48.2 Å². The summed E-state index contributed by atoms with van der Waals surface area (Å²) in [5, 5.41) is 0. The van der Waals surface area contributed by atoms with Gasteiger partial charge in [-0.05, 0) is 73.6 Å². The number of aryl methyl sites for hydroxylation is 2. The summed E-state index contributed by atoms with van der Waals surface area (Å²) < 4.78 is 5.27. The van der Waals surface area contributed by atoms with Crippen molar-refractivity contribution in [1.82, 2.24) is 4.90 Å². The predicted octanol–water partition coefficient (Wildman–Crippen LogP) is 4.33. The third-order valence-corrected chi connectivity index (χ3v) is 5.88. The van der Waals surface area contributed by atoms with Crippen molar-refractivity contribution in [3.05, 3.63) is 64.9 Å². The number of likely N-dealkylation sites (tertiary alicyclic amines) is 1. The molecule has 1 fully saturated rings. The Bertz CT molecular complexity index is 1000. The number of nitrogens with zero attached hydrogens (tertiary/aromatic N) is 2. The largest absolute Gasteiger partial charge is 0.497 e. The number of ether oxygens (including phenoxy) is 1. The Labute approximate surface area is 177 Å². The lowest BCUT2D eigenvalue weighted by Crippen LogP contribution is -2.39. The van der Waals surface area contributed by atoms with Gasteiger partial charge < -0.3 is 9.64 Å². The van der Waals surface area contributed by atoms with E-state index in [9.17, 15) is 9.59 Å². The minimum absolute atomic E-state index is 0.232. The van der Waals surface area contributed by atoms with Gasteiger partial charge in [0.2, 0.25) is 0 Å². The molecule has 1 unspecified atom stereocenters. The van der Waals surface area contributed by atoms with Crippen molar-refractivity contribution >= 4 is 23.1 Å². The van der Waals surface area contributed by atoms with E-state index in [1.807, 2.05) is 56.3 Å². The lowest BCUT2D eigenvalue weighted by Gasteiger charge is -2.33. The van der Waals surface area contributed by atoms with E-state index in [1.54, 1.807) is 7.11 Å². The molecule has 2 aliphatic heterocycles. The topological polar surface area (TPSA) is 49.9 Å². The van der Waals surface area contributed by atoms with Crippen LogP contribution in [0.1, 0.15) is 36.5 Å². The number of amides is 2. The van der Waals surface area contributed by atoms with E-state index in [4.69, 9.17) is 4.74 Å². The second-order valence-corrected chi connectivity index (χ2v) is 8.44. The highest BCUT2D eigenvalue weighted by Crippen LogP contribution is 2.37. The molecule has 0 N–H and O–H groups in total. The van der Waals surface area contributed by atoms with E-state index < -0.39 is 0 Å². The second kappa shape index (κ2) is 7.98. The van der Waals surface area contributed by atoms with Gasteiger partial charge in [-0.3, -0.25) is 9.59 Å². The maximum absolute atomic E-state index is 13.6. The molecular formula is C25H28N2O3. The average molecular weight is 405 g/mol. The van der Waals surface area contributed by atoms with Gasteiger partial charge in [0.1, 0.15) is 11.4 Å². The summed E-state index contributed by atoms with van der Waals surface area (Å²) in [6.45, 7) is 7.73. The Morgan fingerprint density at radius 1 is 0.967 bits per heavy atom. The predicted molar refractivity (Wildman–Crippen MR) is 118 cm³/mol. The number of hydrogen-bond donors (Lipinski definition) is 0. The number of anilines is 1. The molecule has 30 heavy (non-hydrogen) atoms. The summed E-state index contributed by atoms with van der Waals surface area (Å²) >= 11 is 0. The number of carbonyl (C=O) groups excluding carboxylic acids is 2. The molecule has 5 heteroatoms. The third kappa shape index (κ3) is 3.60. The van der Waals surface area contributed by atoms with Crippen LogP contribution in [0.5, 0.6) is 5.75 Å². The van der Waals surface area contributed by atoms with Crippen LogP contribution in [0.3, 0.4) is 0 Å². The van der Waals surface area contributed by atoms with Crippen molar-refractivity contribution < 1.29 is 14.3 Å². The molecule has 0 saturated carbocycles. The van der Waals surface area contributed by atoms with Crippen LogP contribution in [0, 0.1) is 19.8 Å². The Balaban J connectivity index is 1.83. The standard InChI is InChI=1S/C25H28N2O3/c1-16-6-5-11-26(15-16)23-22(19-7-9-21(30-4)10-8-19)24(28)27(25(23)29)20-13-17(2)12-18(3)14-20/h7-10,12-14,16H,5-6,11,15H2,1-4H3. The Hall–Kier alpha value is -3.08. The number of hydrogen-bond acceptors (Lipinski definition) is 4. The average Bonchev–Trinajstić information content (AvgIpc) is 2.97. The molecule has 1 saturated heterocycles. The molecular weight excluding hydrogens is 376 g/mol. The molecule has 2 aliphatic rings. The van der Waals surface area contributed by atoms with Crippen LogP contribution in [0.4, 0.5) is 5.69 Å². The van der Waals surface area contributed by atoms with Crippen LogP contribution in [-0.2, 0) is 9.59 Å². The molecule has 2 aromatic carbocycles. The van der Waals surface area contributed by atoms with E-state index in [0.29, 0.717) is 22.9 Å². The first-order valence-electron chi connectivity index (χ1n) is 10.5. The smallest absolute Gasteiger partial charge is 0.282 e. The van der Waals surface area contributed by atoms with Crippen molar-refractivity contribution in [2.75, 3.05) is 25.1 Å². The van der Waals surface area contributed by atoms with Gasteiger partial charge >= 0.3 is 0 Å². The van der Waals surface area contributed by atoms with Crippen molar-refractivity contribution in [3.8, 4) is 5.75 Å². The monoisotopic (exact) mass is 404 g/mol. The first-order valence-corrected chi connectivity index (χ1v) is 10.5. The fourth-order valence-corrected chi connectivity index (χ4v) is 4.54. The van der Waals surface area contributed by atoms with Crippen molar-refractivity contribution in [2.24, 2.45) is 5.92 Å². The summed E-state index contributed by atoms with van der Waals surface area (Å²) in [5.74, 6) is 0.713. The van der Waals surface area contributed by atoms with Crippen LogP contribution in [-0.4, -0.2) is 36.9 Å². The van der Waals surface area contributed by atoms with Gasteiger partial charge in [-0.1, -0.05) is 25.1 Å². The van der Waals surface area contributed by atoms with Crippen LogP contribution < -0.4 is 9.64 Å². The zero-order valence-corrected chi connectivity index (χ0v) is 18.1. The molecule has 0 aliphatic carbocycles. The van der Waals surface area contributed by atoms with Crippen molar-refractivity contribution in [3.63, 3.8) is 0 Å². The van der Waals surface area contributed by atoms with Crippen molar-refractivity contribution in [1.29, 1.82) is 0 Å². The molecule has 4 rings (SSSR count). The van der Waals surface area contributed by atoms with Crippen LogP contribution >= 0.6 is 0 Å². The summed E-state index contributed by atoms with van der Waals surface area (Å²) in [7, 11) is 1.61. The van der Waals surface area contributed by atoms with Crippen LogP contribution in [0.25, 0.3) is 5.57 Å². The fourth-order valence-electron chi connectivity index (χ4n) is 4.54. The number of methoxy groups -OCH3 is 1. The minimum atomic E-state index is -0.261. The third-order valence-electron chi connectivity index (χ3n) is 5.88. The molecule has 156 valence electrons. The minimum Gasteiger partial charge on any atom is -0.497 e. The van der Waals surface area contributed by atoms with Crippen LogP contribution in [0.2, 0.25) is 0 Å². The molecule has 2 amide bonds. The summed E-state index contributed by atoms with van der Waals surface area (Å²) in [4.78, 5) is 30.7. The first kappa shape index (κ1) is 20.2. The summed E-state index contributed by atoms with van der Waals surface area (Å²) in [6, 6.07) is 13.2. The van der Waals surface area contributed by atoms with Gasteiger partial charge in [0.25, 0.3) is 11.8 Å². The maximum Gasteiger partial charge on any atom is 0.282 e. The van der Waals surface area contributed by atoms with Gasteiger partial charge in [0.05, 0.1) is 18.4 Å². The van der Waals surface area contributed by atoms with E-state index in [0.717, 1.165) is 48.4 Å². The zero-order valence-electron chi connectivity index (χ0n) is 18.1. The Morgan fingerprint density at radius 2 is 1.63 bits per heavy atom. The zero-order chi connectivity index (χ0) is 21.4. The summed E-state index contributed by atoms with van der Waals surface area (Å²) in [6.07, 6.45) is 2.16. The maximum atomic E-state index is 13.6. The molecule has 1 atom stereocenters. The van der Waals surface area contributed by atoms with E-state index >= 15 is 0 Å². The molecule has 0 radical (unpaired) electrons. The van der Waals surface area contributed by atoms with Gasteiger partial charge in [-0.25, -0.2) is 4.90 Å². The molecule has 0 spiro atoms. The highest BCUT2D eigenvalue weighted by Gasteiger charge is 2.43. The number of piperidine rings is 1.